The topological polar surface area (TPSA) is 42.3 Å². The largest absolute Gasteiger partial charge is 0.318 e. The molecule has 1 aliphatic rings. The predicted molar refractivity (Wildman–Crippen MR) is 120 cm³/mol. The summed E-state index contributed by atoms with van der Waals surface area (Å²) in [5, 5.41) is 0.188. The summed E-state index contributed by atoms with van der Waals surface area (Å²) in [4.78, 5) is 26.8. The van der Waals surface area contributed by atoms with Crippen molar-refractivity contribution in [2.24, 2.45) is 0 Å². The van der Waals surface area contributed by atoms with Gasteiger partial charge in [-0.15, -0.1) is 0 Å². The summed E-state index contributed by atoms with van der Waals surface area (Å²) in [6.45, 7) is 3.79. The van der Waals surface area contributed by atoms with Gasteiger partial charge in [0.1, 0.15) is 5.82 Å². The molecule has 8 heteroatoms. The number of benzene rings is 2. The summed E-state index contributed by atoms with van der Waals surface area (Å²) >= 11 is 12.7. The number of halogens is 3. The Kier molecular flexibility index (Phi) is 5.49. The maximum atomic E-state index is 13.5. The van der Waals surface area contributed by atoms with E-state index in [0.29, 0.717) is 21.3 Å². The second-order valence-corrected chi connectivity index (χ2v) is 8.59. The third kappa shape index (κ3) is 3.67. The van der Waals surface area contributed by atoms with Gasteiger partial charge in [-0.1, -0.05) is 23.2 Å². The Morgan fingerprint density at radius 1 is 0.967 bits per heavy atom. The van der Waals surface area contributed by atoms with Crippen molar-refractivity contribution in [3.05, 3.63) is 86.2 Å². The van der Waals surface area contributed by atoms with Crippen molar-refractivity contribution < 1.29 is 14.0 Å². The molecule has 1 aromatic heterocycles. The van der Waals surface area contributed by atoms with Crippen LogP contribution in [0.25, 0.3) is 11.8 Å². The van der Waals surface area contributed by atoms with Crippen LogP contribution in [-0.4, -0.2) is 15.7 Å². The first kappa shape index (κ1) is 20.7. The molecular formula is C22H15Cl2FN2O2S. The number of carbonyl (C=O) groups is 2. The van der Waals surface area contributed by atoms with E-state index in [1.165, 1.54) is 6.07 Å². The molecule has 4 rings (SSSR count). The van der Waals surface area contributed by atoms with E-state index < -0.39 is 5.82 Å². The number of thioether (sulfide) groups is 1. The predicted octanol–water partition coefficient (Wildman–Crippen LogP) is 6.78. The molecule has 1 aliphatic heterocycles. The summed E-state index contributed by atoms with van der Waals surface area (Å²) < 4.78 is 15.5. The highest BCUT2D eigenvalue weighted by atomic mass is 35.5. The van der Waals surface area contributed by atoms with Crippen LogP contribution in [0.1, 0.15) is 17.0 Å². The fourth-order valence-electron chi connectivity index (χ4n) is 3.38. The normalized spacial score (nSPS) is 15.5. The average molecular weight is 461 g/mol. The van der Waals surface area contributed by atoms with Crippen molar-refractivity contribution in [3.8, 4) is 5.69 Å². The summed E-state index contributed by atoms with van der Waals surface area (Å²) in [6.07, 6.45) is 1.70. The van der Waals surface area contributed by atoms with Gasteiger partial charge in [0, 0.05) is 22.1 Å². The molecule has 1 saturated heterocycles. The van der Waals surface area contributed by atoms with Crippen LogP contribution in [0.4, 0.5) is 14.9 Å². The number of aromatic nitrogens is 1. The highest BCUT2D eigenvalue weighted by Crippen LogP contribution is 2.37. The van der Waals surface area contributed by atoms with Gasteiger partial charge in [0.2, 0.25) is 0 Å². The third-order valence-electron chi connectivity index (χ3n) is 4.80. The van der Waals surface area contributed by atoms with Crippen molar-refractivity contribution in [2.45, 2.75) is 13.8 Å². The molecule has 152 valence electrons. The summed E-state index contributed by atoms with van der Waals surface area (Å²) in [5.74, 6) is -0.874. The van der Waals surface area contributed by atoms with Crippen molar-refractivity contribution in [3.63, 3.8) is 0 Å². The number of nitrogens with zero attached hydrogens (tertiary/aromatic N) is 2. The second-order valence-electron chi connectivity index (χ2n) is 6.75. The van der Waals surface area contributed by atoms with Crippen molar-refractivity contribution in [2.75, 3.05) is 4.90 Å². The zero-order chi connectivity index (χ0) is 21.6. The molecule has 3 aromatic rings. The van der Waals surface area contributed by atoms with E-state index in [9.17, 15) is 14.0 Å². The molecular weight excluding hydrogens is 446 g/mol. The van der Waals surface area contributed by atoms with E-state index in [1.807, 2.05) is 24.5 Å². The minimum atomic E-state index is -0.487. The van der Waals surface area contributed by atoms with Crippen molar-refractivity contribution in [1.82, 2.24) is 4.57 Å². The zero-order valence-electron chi connectivity index (χ0n) is 15.9. The van der Waals surface area contributed by atoms with Gasteiger partial charge in [-0.25, -0.2) is 9.29 Å². The van der Waals surface area contributed by atoms with Crippen LogP contribution in [0.2, 0.25) is 10.0 Å². The molecule has 0 saturated carbocycles. The van der Waals surface area contributed by atoms with Crippen molar-refractivity contribution in [1.29, 1.82) is 0 Å². The van der Waals surface area contributed by atoms with E-state index in [4.69, 9.17) is 23.2 Å². The van der Waals surface area contributed by atoms with E-state index in [2.05, 4.69) is 0 Å². The molecule has 30 heavy (non-hydrogen) atoms. The minimum Gasteiger partial charge on any atom is -0.318 e. The van der Waals surface area contributed by atoms with Crippen LogP contribution < -0.4 is 4.90 Å². The Labute approximate surface area is 186 Å². The molecule has 4 nitrogen and oxygen atoms in total. The zero-order valence-corrected chi connectivity index (χ0v) is 18.3. The Hall–Kier alpha value is -2.54. The van der Waals surface area contributed by atoms with E-state index in [-0.39, 0.29) is 16.2 Å². The van der Waals surface area contributed by atoms with Gasteiger partial charge in [0.25, 0.3) is 11.1 Å². The Morgan fingerprint density at radius 2 is 1.63 bits per heavy atom. The lowest BCUT2D eigenvalue weighted by atomic mass is 10.2. The average Bonchev–Trinajstić information content (AvgIpc) is 3.13. The van der Waals surface area contributed by atoms with Gasteiger partial charge in [0.15, 0.2) is 0 Å². The smallest absolute Gasteiger partial charge is 0.298 e. The summed E-state index contributed by atoms with van der Waals surface area (Å²) in [5.41, 5.74) is 3.70. The molecule has 0 atom stereocenters. The first-order chi connectivity index (χ1) is 14.3. The third-order valence-corrected chi connectivity index (χ3v) is 6.21. The van der Waals surface area contributed by atoms with Crippen LogP contribution in [0.3, 0.4) is 0 Å². The number of anilines is 1. The monoisotopic (exact) mass is 460 g/mol. The summed E-state index contributed by atoms with van der Waals surface area (Å²) in [6, 6.07) is 12.9. The fourth-order valence-corrected chi connectivity index (χ4v) is 4.51. The highest BCUT2D eigenvalue weighted by molar-refractivity contribution is 8.19. The second kappa shape index (κ2) is 7.95. The highest BCUT2D eigenvalue weighted by Gasteiger charge is 2.36. The van der Waals surface area contributed by atoms with Gasteiger partial charge in [-0.3, -0.25) is 9.59 Å². The number of imide groups is 1. The summed E-state index contributed by atoms with van der Waals surface area (Å²) in [7, 11) is 0. The quantitative estimate of drug-likeness (QED) is 0.404. The first-order valence-corrected chi connectivity index (χ1v) is 10.5. The van der Waals surface area contributed by atoms with E-state index >= 15 is 0 Å². The molecule has 1 fully saturated rings. The van der Waals surface area contributed by atoms with Crippen LogP contribution in [-0.2, 0) is 4.79 Å². The molecule has 0 N–H and O–H groups in total. The lowest BCUT2D eigenvalue weighted by Gasteiger charge is -2.12. The Morgan fingerprint density at radius 3 is 2.30 bits per heavy atom. The van der Waals surface area contributed by atoms with Crippen LogP contribution in [0.15, 0.2) is 53.4 Å². The van der Waals surface area contributed by atoms with Gasteiger partial charge >= 0.3 is 0 Å². The van der Waals surface area contributed by atoms with Gasteiger partial charge in [-0.05, 0) is 85.8 Å². The lowest BCUT2D eigenvalue weighted by Crippen LogP contribution is -2.27. The molecule has 0 aliphatic carbocycles. The SMILES string of the molecule is Cc1cc(/C=C2/SC(=O)N(c3ccc(Cl)cc3)C2=O)c(C)n1-c1ccc(F)c(Cl)c1. The number of aryl methyl sites for hydroxylation is 1. The van der Waals surface area contributed by atoms with Gasteiger partial charge in [-0.2, -0.15) is 0 Å². The number of rotatable bonds is 3. The fraction of sp³-hybridized carbons (Fsp3) is 0.0909. The molecule has 0 bridgehead atoms. The Bertz CT molecular complexity index is 1220. The van der Waals surface area contributed by atoms with Crippen LogP contribution >= 0.6 is 35.0 Å². The number of hydrogen-bond donors (Lipinski definition) is 0. The van der Waals surface area contributed by atoms with E-state index in [0.717, 1.165) is 33.6 Å². The Balaban J connectivity index is 1.70. The maximum absolute atomic E-state index is 13.5. The molecule has 2 aromatic carbocycles. The van der Waals surface area contributed by atoms with Gasteiger partial charge in [0.05, 0.1) is 15.6 Å². The number of hydrogen-bond acceptors (Lipinski definition) is 3. The molecule has 0 radical (unpaired) electrons. The van der Waals surface area contributed by atoms with Crippen molar-refractivity contribution >= 4 is 57.9 Å². The lowest BCUT2D eigenvalue weighted by molar-refractivity contribution is -0.113. The van der Waals surface area contributed by atoms with Crippen LogP contribution in [0, 0.1) is 19.7 Å². The molecule has 2 heterocycles. The molecule has 2 amide bonds. The minimum absolute atomic E-state index is 0.0330. The van der Waals surface area contributed by atoms with Gasteiger partial charge < -0.3 is 4.57 Å². The molecule has 0 spiro atoms. The molecule has 0 unspecified atom stereocenters. The van der Waals surface area contributed by atoms with Crippen LogP contribution in [0.5, 0.6) is 0 Å². The van der Waals surface area contributed by atoms with E-state index in [1.54, 1.807) is 42.5 Å². The maximum Gasteiger partial charge on any atom is 0.298 e. The first-order valence-electron chi connectivity index (χ1n) is 8.94. The standard InChI is InChI=1S/C22H15Cl2FN2O2S/c1-12-9-14(13(2)26(12)17-7-8-19(25)18(24)11-17)10-20-21(28)27(22(29)30-20)16-5-3-15(23)4-6-16/h3-11H,1-2H3/b20-10+. The number of amides is 2. The number of carbonyl (C=O) groups excluding carboxylic acids is 2.